The van der Waals surface area contributed by atoms with E-state index in [0.717, 1.165) is 5.56 Å². The fourth-order valence-electron chi connectivity index (χ4n) is 2.83. The van der Waals surface area contributed by atoms with Crippen molar-refractivity contribution in [2.75, 3.05) is 6.61 Å². The minimum atomic E-state index is -0.310. The van der Waals surface area contributed by atoms with E-state index in [-0.39, 0.29) is 17.6 Å². The van der Waals surface area contributed by atoms with Gasteiger partial charge in [0.15, 0.2) is 5.69 Å². The molecule has 0 saturated carbocycles. The number of hydrogen-bond donors (Lipinski definition) is 0. The minimum absolute atomic E-state index is 0.219. The molecule has 2 aromatic rings. The molecule has 1 atom stereocenters. The molecule has 9 heteroatoms. The van der Waals surface area contributed by atoms with Crippen LogP contribution in [0.5, 0.6) is 5.88 Å². The van der Waals surface area contributed by atoms with Crippen LogP contribution in [0.3, 0.4) is 0 Å². The van der Waals surface area contributed by atoms with Crippen molar-refractivity contribution in [1.29, 1.82) is 5.26 Å². The maximum atomic E-state index is 12.8. The first kappa shape index (κ1) is 20.8. The maximum absolute atomic E-state index is 12.8. The van der Waals surface area contributed by atoms with Gasteiger partial charge < -0.3 is 4.74 Å². The van der Waals surface area contributed by atoms with Crippen molar-refractivity contribution >= 4 is 35.3 Å². The third-order valence-electron chi connectivity index (χ3n) is 4.30. The Morgan fingerprint density at radius 3 is 2.90 bits per heavy atom. The van der Waals surface area contributed by atoms with Crippen molar-refractivity contribution in [2.45, 2.75) is 25.3 Å². The molecule has 29 heavy (non-hydrogen) atoms. The number of benzene rings is 1. The quantitative estimate of drug-likeness (QED) is 0.482. The molecular formula is C20H17Cl2N5O2. The van der Waals surface area contributed by atoms with E-state index < -0.39 is 0 Å². The number of hydrogen-bond acceptors (Lipinski definition) is 6. The van der Waals surface area contributed by atoms with Gasteiger partial charge in [0.2, 0.25) is 5.88 Å². The molecule has 0 radical (unpaired) electrons. The van der Waals surface area contributed by atoms with Crippen molar-refractivity contribution in [3.63, 3.8) is 0 Å². The number of aromatic nitrogens is 2. The lowest BCUT2D eigenvalue weighted by Crippen LogP contribution is -2.28. The highest BCUT2D eigenvalue weighted by atomic mass is 35.5. The van der Waals surface area contributed by atoms with Crippen LogP contribution in [0, 0.1) is 11.3 Å². The predicted molar refractivity (Wildman–Crippen MR) is 110 cm³/mol. The Labute approximate surface area is 178 Å². The summed E-state index contributed by atoms with van der Waals surface area (Å²) in [4.78, 5) is 20.7. The molecule has 7 nitrogen and oxygen atoms in total. The van der Waals surface area contributed by atoms with Gasteiger partial charge in [-0.1, -0.05) is 41.9 Å². The molecule has 0 aliphatic carbocycles. The Bertz CT molecular complexity index is 985. The van der Waals surface area contributed by atoms with Crippen LogP contribution in [-0.2, 0) is 4.79 Å². The fraction of sp³-hybridized carbons (Fsp3) is 0.250. The molecule has 0 N–H and O–H groups in total. The first-order valence-electron chi connectivity index (χ1n) is 8.84. The molecule has 1 aromatic carbocycles. The van der Waals surface area contributed by atoms with E-state index in [0.29, 0.717) is 47.4 Å². The summed E-state index contributed by atoms with van der Waals surface area (Å²) in [6, 6.07) is 6.91. The van der Waals surface area contributed by atoms with Gasteiger partial charge in [0.1, 0.15) is 6.07 Å². The van der Waals surface area contributed by atoms with E-state index in [1.54, 1.807) is 18.3 Å². The maximum Gasteiger partial charge on any atom is 0.269 e. The predicted octanol–water partition coefficient (Wildman–Crippen LogP) is 4.33. The zero-order chi connectivity index (χ0) is 20.8. The summed E-state index contributed by atoms with van der Waals surface area (Å²) < 4.78 is 5.47. The van der Waals surface area contributed by atoms with Crippen LogP contribution >= 0.6 is 23.2 Å². The van der Waals surface area contributed by atoms with E-state index in [4.69, 9.17) is 33.2 Å². The van der Waals surface area contributed by atoms with E-state index in [1.807, 2.05) is 12.1 Å². The second-order valence-corrected chi connectivity index (χ2v) is 7.03. The number of carbonyl (C=O) groups is 1. The van der Waals surface area contributed by atoms with Crippen molar-refractivity contribution in [3.8, 4) is 11.9 Å². The molecule has 0 bridgehead atoms. The Morgan fingerprint density at radius 1 is 1.34 bits per heavy atom. The van der Waals surface area contributed by atoms with E-state index in [2.05, 4.69) is 21.6 Å². The Morgan fingerprint density at radius 2 is 2.17 bits per heavy atom. The SMILES string of the molecule is C=C(CCCOc1cnc(C#N)cn1)C(=O)N1N=CCC1c1cccc(Cl)c1Cl. The van der Waals surface area contributed by atoms with Crippen molar-refractivity contribution < 1.29 is 9.53 Å². The van der Waals surface area contributed by atoms with Crippen LogP contribution in [0.25, 0.3) is 0 Å². The standard InChI is InChI=1S/C20H17Cl2N5O2/c1-13(4-3-9-29-18-12-24-14(10-23)11-25-18)20(28)27-17(7-8-26-27)15-5-2-6-16(21)19(15)22/h2,5-6,8,11-12,17H,1,3-4,7,9H2. The molecule has 1 aliphatic heterocycles. The van der Waals surface area contributed by atoms with Crippen LogP contribution in [0.2, 0.25) is 10.0 Å². The van der Waals surface area contributed by atoms with Gasteiger partial charge in [-0.3, -0.25) is 4.79 Å². The van der Waals surface area contributed by atoms with Gasteiger partial charge in [-0.05, 0) is 24.5 Å². The van der Waals surface area contributed by atoms with Crippen LogP contribution < -0.4 is 4.74 Å². The van der Waals surface area contributed by atoms with Gasteiger partial charge in [0, 0.05) is 18.2 Å². The molecule has 3 rings (SSSR count). The number of carbonyl (C=O) groups excluding carboxylic acids is 1. The highest BCUT2D eigenvalue weighted by Crippen LogP contribution is 2.37. The summed E-state index contributed by atoms with van der Waals surface area (Å²) in [5, 5.41) is 15.2. The Balaban J connectivity index is 1.53. The fourth-order valence-corrected chi connectivity index (χ4v) is 3.26. The number of halogens is 2. The summed E-state index contributed by atoms with van der Waals surface area (Å²) in [6.45, 7) is 4.22. The van der Waals surface area contributed by atoms with Gasteiger partial charge in [0.05, 0.1) is 35.1 Å². The molecule has 0 saturated heterocycles. The lowest BCUT2D eigenvalue weighted by molar-refractivity contribution is -0.129. The third kappa shape index (κ3) is 4.91. The monoisotopic (exact) mass is 429 g/mol. The van der Waals surface area contributed by atoms with Crippen LogP contribution in [-0.4, -0.2) is 33.7 Å². The normalized spacial score (nSPS) is 15.2. The number of rotatable bonds is 7. The van der Waals surface area contributed by atoms with Gasteiger partial charge in [0.25, 0.3) is 5.91 Å². The molecular weight excluding hydrogens is 413 g/mol. The molecule has 1 amide bonds. The number of ether oxygens (including phenoxy) is 1. The summed E-state index contributed by atoms with van der Waals surface area (Å²) in [5.74, 6) is 0.0544. The molecule has 148 valence electrons. The molecule has 1 aliphatic rings. The van der Waals surface area contributed by atoms with Gasteiger partial charge in [-0.2, -0.15) is 10.4 Å². The Hall–Kier alpha value is -2.95. The summed E-state index contributed by atoms with van der Waals surface area (Å²) in [6.07, 6.45) is 5.96. The highest BCUT2D eigenvalue weighted by Gasteiger charge is 2.31. The molecule has 1 aromatic heterocycles. The van der Waals surface area contributed by atoms with Crippen LogP contribution in [0.1, 0.15) is 36.6 Å². The van der Waals surface area contributed by atoms with Crippen molar-refractivity contribution in [3.05, 3.63) is 64.0 Å². The minimum Gasteiger partial charge on any atom is -0.477 e. The second-order valence-electron chi connectivity index (χ2n) is 6.25. The highest BCUT2D eigenvalue weighted by molar-refractivity contribution is 6.42. The van der Waals surface area contributed by atoms with Gasteiger partial charge >= 0.3 is 0 Å². The lowest BCUT2D eigenvalue weighted by atomic mass is 10.0. The topological polar surface area (TPSA) is 91.5 Å². The lowest BCUT2D eigenvalue weighted by Gasteiger charge is -2.24. The number of amides is 1. The zero-order valence-electron chi connectivity index (χ0n) is 15.4. The number of nitrogens with zero attached hydrogens (tertiary/aromatic N) is 5. The molecule has 2 heterocycles. The van der Waals surface area contributed by atoms with E-state index in [1.165, 1.54) is 17.4 Å². The van der Waals surface area contributed by atoms with Crippen molar-refractivity contribution in [1.82, 2.24) is 15.0 Å². The van der Waals surface area contributed by atoms with E-state index in [9.17, 15) is 4.79 Å². The van der Waals surface area contributed by atoms with Gasteiger partial charge in [-0.15, -0.1) is 0 Å². The first-order valence-corrected chi connectivity index (χ1v) is 9.59. The smallest absolute Gasteiger partial charge is 0.269 e. The largest absolute Gasteiger partial charge is 0.477 e. The summed E-state index contributed by atoms with van der Waals surface area (Å²) >= 11 is 12.4. The Kier molecular flexibility index (Phi) is 6.81. The second kappa shape index (κ2) is 9.50. The average Bonchev–Trinajstić information content (AvgIpc) is 3.22. The summed E-state index contributed by atoms with van der Waals surface area (Å²) in [5.41, 5.74) is 1.39. The molecule has 0 fully saturated rings. The van der Waals surface area contributed by atoms with Crippen LogP contribution in [0.4, 0.5) is 0 Å². The zero-order valence-corrected chi connectivity index (χ0v) is 16.9. The molecule has 1 unspecified atom stereocenters. The van der Waals surface area contributed by atoms with E-state index >= 15 is 0 Å². The van der Waals surface area contributed by atoms with Crippen molar-refractivity contribution in [2.24, 2.45) is 5.10 Å². The molecule has 0 spiro atoms. The summed E-state index contributed by atoms with van der Waals surface area (Å²) in [7, 11) is 0. The van der Waals surface area contributed by atoms with Crippen LogP contribution in [0.15, 0.2) is 47.8 Å². The third-order valence-corrected chi connectivity index (χ3v) is 5.13. The first-order chi connectivity index (χ1) is 14.0. The van der Waals surface area contributed by atoms with Gasteiger partial charge in [-0.25, -0.2) is 15.0 Å². The number of hydrazone groups is 1. The average molecular weight is 430 g/mol. The number of nitriles is 1.